The quantitative estimate of drug-likeness (QED) is 0.747. The molecule has 3 rings (SSSR count). The Morgan fingerprint density at radius 1 is 1.00 bits per heavy atom. The molecule has 0 spiro atoms. The van der Waals surface area contributed by atoms with Gasteiger partial charge < -0.3 is 4.90 Å². The summed E-state index contributed by atoms with van der Waals surface area (Å²) in [5.41, 5.74) is 8.13. The van der Waals surface area contributed by atoms with Crippen LogP contribution in [0.25, 0.3) is 6.08 Å². The lowest BCUT2D eigenvalue weighted by Gasteiger charge is -2.37. The van der Waals surface area contributed by atoms with Crippen LogP contribution in [0.2, 0.25) is 0 Å². The van der Waals surface area contributed by atoms with Crippen LogP contribution in [0.1, 0.15) is 38.8 Å². The Balaban J connectivity index is 2.16. The number of nitrogens with zero attached hydrogens (tertiary/aromatic N) is 2. The van der Waals surface area contributed by atoms with E-state index in [0.717, 1.165) is 13.1 Å². The van der Waals surface area contributed by atoms with Crippen molar-refractivity contribution in [1.82, 2.24) is 0 Å². The lowest BCUT2D eigenvalue weighted by molar-refractivity contribution is -0.462. The maximum Gasteiger partial charge on any atom is 0.199 e. The highest BCUT2D eigenvalue weighted by molar-refractivity contribution is 6.04. The van der Waals surface area contributed by atoms with Crippen LogP contribution in [-0.2, 0) is 5.41 Å². The van der Waals surface area contributed by atoms with Gasteiger partial charge in [0.25, 0.3) is 0 Å². The highest BCUT2D eigenvalue weighted by Gasteiger charge is 2.35. The van der Waals surface area contributed by atoms with Gasteiger partial charge in [-0.05, 0) is 60.4 Å². The normalized spacial score (nSPS) is 17.7. The van der Waals surface area contributed by atoms with E-state index in [4.69, 9.17) is 0 Å². The van der Waals surface area contributed by atoms with Crippen molar-refractivity contribution in [1.29, 1.82) is 0 Å². The first-order valence-electron chi connectivity index (χ1n) is 8.94. The van der Waals surface area contributed by atoms with E-state index in [0.29, 0.717) is 0 Å². The van der Waals surface area contributed by atoms with Gasteiger partial charge in [0, 0.05) is 36.3 Å². The molecule has 0 saturated heterocycles. The zero-order chi connectivity index (χ0) is 17.5. The molecule has 0 aromatic heterocycles. The number of fused-ring (bicyclic) bond motifs is 2. The molecule has 24 heavy (non-hydrogen) atoms. The lowest BCUT2D eigenvalue weighted by Crippen LogP contribution is -2.29. The summed E-state index contributed by atoms with van der Waals surface area (Å²) in [6.45, 7) is 11.2. The summed E-state index contributed by atoms with van der Waals surface area (Å²) in [7, 11) is 4.21. The topological polar surface area (TPSA) is 6.25 Å². The van der Waals surface area contributed by atoms with Crippen LogP contribution >= 0.6 is 0 Å². The Morgan fingerprint density at radius 2 is 1.71 bits per heavy atom. The predicted molar refractivity (Wildman–Crippen MR) is 105 cm³/mol. The molecule has 126 valence electrons. The van der Waals surface area contributed by atoms with E-state index in [9.17, 15) is 0 Å². The fourth-order valence-corrected chi connectivity index (χ4v) is 3.80. The second kappa shape index (κ2) is 6.08. The zero-order valence-electron chi connectivity index (χ0n) is 15.9. The van der Waals surface area contributed by atoms with Gasteiger partial charge in [-0.25, -0.2) is 4.58 Å². The van der Waals surface area contributed by atoms with Crippen molar-refractivity contribution in [2.45, 2.75) is 33.1 Å². The SMILES string of the molecule is CCN(CC)c1ccc2c(c1)C(C)(C)C1=CC(=[N+](C)C)C=CC1=C2. The molecule has 0 radical (unpaired) electrons. The standard InChI is InChI=1S/C22H29N2/c1-7-24(8-2)19-12-10-17-13-16-9-11-18(23(5)6)14-20(16)22(3,4)21(17)15-19/h9-15H,7-8H2,1-6H3/q+1. The molecule has 2 aliphatic rings. The van der Waals surface area contributed by atoms with Crippen molar-refractivity contribution in [3.8, 4) is 0 Å². The first-order valence-corrected chi connectivity index (χ1v) is 8.94. The van der Waals surface area contributed by atoms with Crippen molar-refractivity contribution >= 4 is 17.5 Å². The molecule has 1 aromatic rings. The van der Waals surface area contributed by atoms with Crippen LogP contribution in [0.4, 0.5) is 5.69 Å². The summed E-state index contributed by atoms with van der Waals surface area (Å²) in [6, 6.07) is 6.94. The lowest BCUT2D eigenvalue weighted by atomic mass is 9.67. The minimum absolute atomic E-state index is 0.00853. The predicted octanol–water partition coefficient (Wildman–Crippen LogP) is 4.42. The third-order valence-corrected chi connectivity index (χ3v) is 5.38. The number of hydrogen-bond donors (Lipinski definition) is 0. The van der Waals surface area contributed by atoms with Crippen LogP contribution in [0.3, 0.4) is 0 Å². The van der Waals surface area contributed by atoms with E-state index in [2.05, 4.69) is 93.8 Å². The number of benzene rings is 1. The molecule has 0 fully saturated rings. The second-order valence-electron chi connectivity index (χ2n) is 7.38. The Morgan fingerprint density at radius 3 is 2.33 bits per heavy atom. The molecule has 2 aliphatic carbocycles. The molecule has 0 N–H and O–H groups in total. The number of hydrogen-bond acceptors (Lipinski definition) is 1. The first kappa shape index (κ1) is 16.8. The summed E-state index contributed by atoms with van der Waals surface area (Å²) in [5, 5.41) is 0. The van der Waals surface area contributed by atoms with Gasteiger partial charge >= 0.3 is 0 Å². The van der Waals surface area contributed by atoms with E-state index in [1.165, 1.54) is 33.7 Å². The van der Waals surface area contributed by atoms with Crippen molar-refractivity contribution in [2.24, 2.45) is 0 Å². The smallest absolute Gasteiger partial charge is 0.199 e. The molecular weight excluding hydrogens is 292 g/mol. The average Bonchev–Trinajstić information content (AvgIpc) is 2.56. The van der Waals surface area contributed by atoms with E-state index >= 15 is 0 Å². The Bertz CT molecular complexity index is 780. The Kier molecular flexibility index (Phi) is 4.25. The highest BCUT2D eigenvalue weighted by Crippen LogP contribution is 2.45. The van der Waals surface area contributed by atoms with Crippen molar-refractivity contribution in [3.63, 3.8) is 0 Å². The van der Waals surface area contributed by atoms with Crippen molar-refractivity contribution < 1.29 is 4.58 Å². The van der Waals surface area contributed by atoms with Crippen LogP contribution in [-0.4, -0.2) is 37.5 Å². The summed E-state index contributed by atoms with van der Waals surface area (Å²) in [4.78, 5) is 2.42. The van der Waals surface area contributed by atoms with Gasteiger partial charge in [0.2, 0.25) is 0 Å². The third-order valence-electron chi connectivity index (χ3n) is 5.38. The highest BCUT2D eigenvalue weighted by atomic mass is 15.1. The fraction of sp³-hybridized carbons (Fsp3) is 0.409. The van der Waals surface area contributed by atoms with Gasteiger partial charge in [-0.3, -0.25) is 0 Å². The van der Waals surface area contributed by atoms with Gasteiger partial charge in [-0.15, -0.1) is 0 Å². The van der Waals surface area contributed by atoms with Crippen molar-refractivity contribution in [2.75, 3.05) is 32.1 Å². The Hall–Kier alpha value is -2.09. The maximum absolute atomic E-state index is 2.42. The van der Waals surface area contributed by atoms with Gasteiger partial charge in [-0.1, -0.05) is 19.9 Å². The maximum atomic E-state index is 2.42. The van der Waals surface area contributed by atoms with Crippen molar-refractivity contribution in [3.05, 3.63) is 58.7 Å². The van der Waals surface area contributed by atoms with Gasteiger partial charge in [-0.2, -0.15) is 0 Å². The number of allylic oxidation sites excluding steroid dienone is 5. The first-order chi connectivity index (χ1) is 11.4. The number of rotatable bonds is 3. The molecular formula is C22H29N2+. The summed E-state index contributed by atoms with van der Waals surface area (Å²) in [5.74, 6) is 0. The molecule has 0 bridgehead atoms. The largest absolute Gasteiger partial charge is 0.372 e. The third kappa shape index (κ3) is 2.64. The van der Waals surface area contributed by atoms with Gasteiger partial charge in [0.05, 0.1) is 0 Å². The zero-order valence-corrected chi connectivity index (χ0v) is 15.9. The monoisotopic (exact) mass is 321 g/mol. The Labute approximate surface area is 146 Å². The van der Waals surface area contributed by atoms with Crippen LogP contribution in [0, 0.1) is 0 Å². The molecule has 0 atom stereocenters. The summed E-state index contributed by atoms with van der Waals surface area (Å²) >= 11 is 0. The molecule has 2 heteroatoms. The molecule has 2 nitrogen and oxygen atoms in total. The van der Waals surface area contributed by atoms with E-state index < -0.39 is 0 Å². The fourth-order valence-electron chi connectivity index (χ4n) is 3.80. The van der Waals surface area contributed by atoms with Crippen LogP contribution in [0.15, 0.2) is 47.6 Å². The second-order valence-corrected chi connectivity index (χ2v) is 7.38. The molecule has 0 aliphatic heterocycles. The van der Waals surface area contributed by atoms with E-state index in [1.807, 2.05) is 0 Å². The molecule has 0 amide bonds. The van der Waals surface area contributed by atoms with Gasteiger partial charge in [0.1, 0.15) is 14.1 Å². The van der Waals surface area contributed by atoms with E-state index in [-0.39, 0.29) is 5.41 Å². The molecule has 0 heterocycles. The molecule has 1 aromatic carbocycles. The molecule has 0 saturated carbocycles. The van der Waals surface area contributed by atoms with E-state index in [1.54, 1.807) is 0 Å². The summed E-state index contributed by atoms with van der Waals surface area (Å²) < 4.78 is 2.18. The minimum Gasteiger partial charge on any atom is -0.372 e. The summed E-state index contributed by atoms with van der Waals surface area (Å²) in [6.07, 6.45) is 9.15. The van der Waals surface area contributed by atoms with Gasteiger partial charge in [0.15, 0.2) is 5.71 Å². The average molecular weight is 321 g/mol. The molecule has 0 unspecified atom stereocenters. The van der Waals surface area contributed by atoms with Crippen LogP contribution in [0.5, 0.6) is 0 Å². The minimum atomic E-state index is 0.00853. The number of anilines is 1. The van der Waals surface area contributed by atoms with Crippen LogP contribution < -0.4 is 4.90 Å².